The van der Waals surface area contributed by atoms with Crippen LogP contribution >= 0.6 is 0 Å². The van der Waals surface area contributed by atoms with E-state index in [1.807, 2.05) is 44.2 Å². The first-order chi connectivity index (χ1) is 12.5. The van der Waals surface area contributed by atoms with Crippen LogP contribution in [0, 0.1) is 13.8 Å². The average molecular weight is 353 g/mol. The van der Waals surface area contributed by atoms with Gasteiger partial charge in [-0.15, -0.1) is 0 Å². The molecule has 1 aliphatic rings. The Morgan fingerprint density at radius 2 is 1.92 bits per heavy atom. The van der Waals surface area contributed by atoms with Crippen molar-refractivity contribution in [2.24, 2.45) is 0 Å². The van der Waals surface area contributed by atoms with Crippen LogP contribution in [0.2, 0.25) is 0 Å². The maximum Gasteiger partial charge on any atom is 0.250 e. The number of carbonyl (C=O) groups is 1. The van der Waals surface area contributed by atoms with Crippen molar-refractivity contribution in [3.8, 4) is 17.2 Å². The second-order valence-corrected chi connectivity index (χ2v) is 6.27. The van der Waals surface area contributed by atoms with Crippen LogP contribution < -0.4 is 19.1 Å². The number of ether oxygens (including phenoxy) is 3. The molecule has 26 heavy (non-hydrogen) atoms. The summed E-state index contributed by atoms with van der Waals surface area (Å²) in [7, 11) is 3.36. The minimum Gasteiger partial charge on any atom is -0.493 e. The fourth-order valence-electron chi connectivity index (χ4n) is 2.87. The molecule has 2 aromatic rings. The molecular formula is C21H23NO4. The van der Waals surface area contributed by atoms with Crippen LogP contribution in [0.15, 0.2) is 36.4 Å². The van der Waals surface area contributed by atoms with Crippen molar-refractivity contribution in [2.45, 2.75) is 13.8 Å². The van der Waals surface area contributed by atoms with Gasteiger partial charge < -0.3 is 19.1 Å². The number of anilines is 1. The van der Waals surface area contributed by atoms with Gasteiger partial charge in [-0.1, -0.05) is 12.1 Å². The molecule has 1 heterocycles. The Kier molecular flexibility index (Phi) is 5.16. The second kappa shape index (κ2) is 7.52. The molecule has 0 aromatic heterocycles. The van der Waals surface area contributed by atoms with E-state index < -0.39 is 0 Å². The molecule has 0 saturated carbocycles. The van der Waals surface area contributed by atoms with Crippen molar-refractivity contribution in [1.82, 2.24) is 0 Å². The van der Waals surface area contributed by atoms with E-state index in [0.29, 0.717) is 30.5 Å². The van der Waals surface area contributed by atoms with Gasteiger partial charge in [-0.25, -0.2) is 0 Å². The quantitative estimate of drug-likeness (QED) is 0.785. The molecule has 2 aromatic carbocycles. The van der Waals surface area contributed by atoms with Crippen LogP contribution in [-0.4, -0.2) is 33.3 Å². The standard InChI is InChI=1S/C21H23NO4/c1-14-5-6-15(2)17(11-14)22(3)20(23)8-7-16-12-18(24-4)21-19(13-16)25-9-10-26-21/h5-8,11-13H,9-10H2,1-4H3. The molecule has 0 bridgehead atoms. The number of amides is 1. The van der Waals surface area contributed by atoms with Crippen molar-refractivity contribution in [3.63, 3.8) is 0 Å². The molecule has 1 amide bonds. The third-order valence-corrected chi connectivity index (χ3v) is 4.33. The number of hydrogen-bond donors (Lipinski definition) is 0. The molecule has 5 heteroatoms. The molecule has 0 aliphatic carbocycles. The van der Waals surface area contributed by atoms with E-state index in [0.717, 1.165) is 22.4 Å². The Balaban J connectivity index is 1.83. The van der Waals surface area contributed by atoms with Crippen molar-refractivity contribution in [1.29, 1.82) is 0 Å². The average Bonchev–Trinajstić information content (AvgIpc) is 2.66. The molecule has 136 valence electrons. The monoisotopic (exact) mass is 353 g/mol. The number of rotatable bonds is 4. The predicted molar refractivity (Wildman–Crippen MR) is 102 cm³/mol. The third-order valence-electron chi connectivity index (χ3n) is 4.33. The minimum atomic E-state index is -0.104. The first kappa shape index (κ1) is 17.9. The molecule has 0 atom stereocenters. The van der Waals surface area contributed by atoms with Gasteiger partial charge in [0.1, 0.15) is 13.2 Å². The summed E-state index contributed by atoms with van der Waals surface area (Å²) in [5.41, 5.74) is 3.89. The lowest BCUT2D eigenvalue weighted by Crippen LogP contribution is -2.24. The summed E-state index contributed by atoms with van der Waals surface area (Å²) in [4.78, 5) is 14.2. The molecule has 0 saturated heterocycles. The van der Waals surface area contributed by atoms with E-state index in [1.54, 1.807) is 31.2 Å². The van der Waals surface area contributed by atoms with E-state index in [9.17, 15) is 4.79 Å². The van der Waals surface area contributed by atoms with Crippen molar-refractivity contribution >= 4 is 17.7 Å². The predicted octanol–water partition coefficient (Wildman–Crippen LogP) is 3.76. The molecule has 0 spiro atoms. The molecule has 0 N–H and O–H groups in total. The Hall–Kier alpha value is -2.95. The fourth-order valence-corrected chi connectivity index (χ4v) is 2.87. The fraction of sp³-hybridized carbons (Fsp3) is 0.286. The highest BCUT2D eigenvalue weighted by molar-refractivity contribution is 6.04. The summed E-state index contributed by atoms with van der Waals surface area (Å²) in [6.45, 7) is 5.00. The number of aryl methyl sites for hydroxylation is 2. The zero-order chi connectivity index (χ0) is 18.7. The Morgan fingerprint density at radius 3 is 2.69 bits per heavy atom. The lowest BCUT2D eigenvalue weighted by atomic mass is 10.1. The SMILES string of the molecule is COc1cc(C=CC(=O)N(C)c2cc(C)ccc2C)cc2c1OCCO2. The first-order valence-corrected chi connectivity index (χ1v) is 8.50. The normalized spacial score (nSPS) is 12.9. The van der Waals surface area contributed by atoms with E-state index in [1.165, 1.54) is 0 Å². The van der Waals surface area contributed by atoms with Gasteiger partial charge in [0.15, 0.2) is 11.5 Å². The molecule has 1 aliphatic heterocycles. The summed E-state index contributed by atoms with van der Waals surface area (Å²) in [5, 5.41) is 0. The number of hydrogen-bond acceptors (Lipinski definition) is 4. The summed E-state index contributed by atoms with van der Waals surface area (Å²) >= 11 is 0. The van der Waals surface area contributed by atoms with Gasteiger partial charge in [0.25, 0.3) is 5.91 Å². The third kappa shape index (κ3) is 3.67. The zero-order valence-corrected chi connectivity index (χ0v) is 15.5. The lowest BCUT2D eigenvalue weighted by Gasteiger charge is -2.21. The largest absolute Gasteiger partial charge is 0.493 e. The highest BCUT2D eigenvalue weighted by atomic mass is 16.6. The van der Waals surface area contributed by atoms with Crippen molar-refractivity contribution in [3.05, 3.63) is 53.1 Å². The van der Waals surface area contributed by atoms with Gasteiger partial charge in [0.2, 0.25) is 5.75 Å². The van der Waals surface area contributed by atoms with Gasteiger partial charge in [-0.2, -0.15) is 0 Å². The van der Waals surface area contributed by atoms with Crippen LogP contribution in [0.3, 0.4) is 0 Å². The second-order valence-electron chi connectivity index (χ2n) is 6.27. The van der Waals surface area contributed by atoms with Gasteiger partial charge >= 0.3 is 0 Å². The first-order valence-electron chi connectivity index (χ1n) is 8.50. The highest BCUT2D eigenvalue weighted by Crippen LogP contribution is 2.40. The number of nitrogens with zero attached hydrogens (tertiary/aromatic N) is 1. The smallest absolute Gasteiger partial charge is 0.250 e. The summed E-state index contributed by atoms with van der Waals surface area (Å²) in [6, 6.07) is 9.74. The van der Waals surface area contributed by atoms with Crippen molar-refractivity contribution in [2.75, 3.05) is 32.3 Å². The molecule has 3 rings (SSSR count). The molecule has 0 unspecified atom stereocenters. The van der Waals surface area contributed by atoms with Gasteiger partial charge in [-0.05, 0) is 54.8 Å². The maximum absolute atomic E-state index is 12.6. The Labute approximate surface area is 153 Å². The van der Waals surface area contributed by atoms with E-state index in [2.05, 4.69) is 0 Å². The topological polar surface area (TPSA) is 48.0 Å². The van der Waals surface area contributed by atoms with Crippen LogP contribution in [0.5, 0.6) is 17.2 Å². The summed E-state index contributed by atoms with van der Waals surface area (Å²) in [5.74, 6) is 1.73. The Morgan fingerprint density at radius 1 is 1.15 bits per heavy atom. The number of methoxy groups -OCH3 is 1. The zero-order valence-electron chi connectivity index (χ0n) is 15.5. The summed E-state index contributed by atoms with van der Waals surface area (Å²) < 4.78 is 16.6. The number of fused-ring (bicyclic) bond motifs is 1. The highest BCUT2D eigenvalue weighted by Gasteiger charge is 2.18. The maximum atomic E-state index is 12.6. The number of benzene rings is 2. The van der Waals surface area contributed by atoms with Crippen LogP contribution in [-0.2, 0) is 4.79 Å². The number of likely N-dealkylation sites (N-methyl/N-ethyl adjacent to an activating group) is 1. The number of carbonyl (C=O) groups excluding carboxylic acids is 1. The minimum absolute atomic E-state index is 0.104. The van der Waals surface area contributed by atoms with E-state index >= 15 is 0 Å². The van der Waals surface area contributed by atoms with Crippen LogP contribution in [0.25, 0.3) is 6.08 Å². The van der Waals surface area contributed by atoms with Gasteiger partial charge in [-0.3, -0.25) is 4.79 Å². The molecule has 0 fully saturated rings. The summed E-state index contributed by atoms with van der Waals surface area (Å²) in [6.07, 6.45) is 3.30. The molecular weight excluding hydrogens is 330 g/mol. The molecule has 0 radical (unpaired) electrons. The van der Waals surface area contributed by atoms with E-state index in [4.69, 9.17) is 14.2 Å². The van der Waals surface area contributed by atoms with Crippen LogP contribution in [0.4, 0.5) is 5.69 Å². The van der Waals surface area contributed by atoms with Gasteiger partial charge in [0.05, 0.1) is 7.11 Å². The molecule has 5 nitrogen and oxygen atoms in total. The van der Waals surface area contributed by atoms with Crippen LogP contribution in [0.1, 0.15) is 16.7 Å². The lowest BCUT2D eigenvalue weighted by molar-refractivity contribution is -0.113. The van der Waals surface area contributed by atoms with Gasteiger partial charge in [0, 0.05) is 18.8 Å². The van der Waals surface area contributed by atoms with E-state index in [-0.39, 0.29) is 5.91 Å². The Bertz CT molecular complexity index is 840. The van der Waals surface area contributed by atoms with Crippen molar-refractivity contribution < 1.29 is 19.0 Å².